The summed E-state index contributed by atoms with van der Waals surface area (Å²) in [5.41, 5.74) is 6.12. The van der Waals surface area contributed by atoms with E-state index in [2.05, 4.69) is 6.92 Å². The number of carbonyl (C=O) groups is 2. The highest BCUT2D eigenvalue weighted by molar-refractivity contribution is 5.86. The number of nitrogens with zero attached hydrogens (tertiary/aromatic N) is 1. The van der Waals surface area contributed by atoms with Crippen LogP contribution < -0.4 is 5.73 Å². The first-order valence-electron chi connectivity index (χ1n) is 12.0. The Bertz CT molecular complexity index is 438. The molecule has 0 heterocycles. The highest BCUT2D eigenvalue weighted by atomic mass is 16.4. The zero-order valence-electron chi connectivity index (χ0n) is 19.8. The van der Waals surface area contributed by atoms with Gasteiger partial charge in [-0.15, -0.1) is 0 Å². The van der Waals surface area contributed by atoms with E-state index in [-0.39, 0.29) is 11.8 Å². The quantitative estimate of drug-likeness (QED) is 0.287. The number of carbonyl (C=O) groups excluding carboxylic acids is 1. The first-order chi connectivity index (χ1) is 13.7. The molecule has 0 rings (SSSR count). The number of rotatable bonds is 18. The number of aliphatic carboxylic acids is 1. The van der Waals surface area contributed by atoms with Crippen molar-refractivity contribution >= 4 is 11.9 Å². The van der Waals surface area contributed by atoms with E-state index < -0.39 is 18.1 Å². The van der Waals surface area contributed by atoms with Crippen LogP contribution in [0.2, 0.25) is 0 Å². The fourth-order valence-electron chi connectivity index (χ4n) is 3.82. The van der Waals surface area contributed by atoms with Gasteiger partial charge >= 0.3 is 5.97 Å². The first kappa shape index (κ1) is 27.9. The lowest BCUT2D eigenvalue weighted by molar-refractivity contribution is -0.151. The molecule has 5 nitrogen and oxygen atoms in total. The summed E-state index contributed by atoms with van der Waals surface area (Å²) in [5, 5.41) is 9.73. The largest absolute Gasteiger partial charge is 0.480 e. The molecule has 0 aliphatic heterocycles. The Balaban J connectivity index is 4.59. The Hall–Kier alpha value is -1.10. The van der Waals surface area contributed by atoms with Gasteiger partial charge in [0.05, 0.1) is 6.04 Å². The average Bonchev–Trinajstić information content (AvgIpc) is 2.63. The van der Waals surface area contributed by atoms with Crippen molar-refractivity contribution in [1.82, 2.24) is 4.90 Å². The van der Waals surface area contributed by atoms with E-state index in [1.54, 1.807) is 4.90 Å². The van der Waals surface area contributed by atoms with E-state index in [9.17, 15) is 14.7 Å². The molecule has 0 radical (unpaired) electrons. The zero-order chi connectivity index (χ0) is 22.2. The van der Waals surface area contributed by atoms with Crippen molar-refractivity contribution in [3.8, 4) is 0 Å². The van der Waals surface area contributed by atoms with Crippen molar-refractivity contribution in [3.05, 3.63) is 0 Å². The fourth-order valence-corrected chi connectivity index (χ4v) is 3.82. The predicted octanol–water partition coefficient (Wildman–Crippen LogP) is 5.61. The van der Waals surface area contributed by atoms with Crippen molar-refractivity contribution in [1.29, 1.82) is 0 Å². The highest BCUT2D eigenvalue weighted by Gasteiger charge is 2.32. The second-order valence-corrected chi connectivity index (χ2v) is 9.43. The maximum Gasteiger partial charge on any atom is 0.326 e. The summed E-state index contributed by atoms with van der Waals surface area (Å²) in [4.78, 5) is 26.4. The minimum absolute atomic E-state index is 0.206. The number of hydrogen-bond donors (Lipinski definition) is 2. The number of nitrogens with two attached hydrogens (primary N) is 1. The molecule has 0 aromatic heterocycles. The van der Waals surface area contributed by atoms with Gasteiger partial charge < -0.3 is 15.7 Å². The van der Waals surface area contributed by atoms with Crippen LogP contribution in [0.1, 0.15) is 112 Å². The molecule has 29 heavy (non-hydrogen) atoms. The van der Waals surface area contributed by atoms with E-state index in [4.69, 9.17) is 5.73 Å². The minimum atomic E-state index is -0.920. The molecular weight excluding hydrogens is 364 g/mol. The molecule has 5 heteroatoms. The number of carboxylic acids is 1. The smallest absolute Gasteiger partial charge is 0.326 e. The molecule has 0 aromatic carbocycles. The van der Waals surface area contributed by atoms with Gasteiger partial charge in [0.25, 0.3) is 0 Å². The second-order valence-electron chi connectivity index (χ2n) is 9.43. The monoisotopic (exact) mass is 412 g/mol. The summed E-state index contributed by atoms with van der Waals surface area (Å²) in [6.45, 7) is 10.8. The molecular formula is C24H48N2O3. The Morgan fingerprint density at radius 3 is 1.66 bits per heavy atom. The maximum absolute atomic E-state index is 12.9. The van der Waals surface area contributed by atoms with E-state index in [0.29, 0.717) is 25.3 Å². The molecule has 0 unspecified atom stereocenters. The molecule has 1 amide bonds. The normalized spacial score (nSPS) is 13.7. The lowest BCUT2D eigenvalue weighted by Crippen LogP contribution is -2.52. The van der Waals surface area contributed by atoms with Gasteiger partial charge in [-0.25, -0.2) is 4.79 Å². The van der Waals surface area contributed by atoms with Crippen LogP contribution in [0, 0.1) is 11.8 Å². The lowest BCUT2D eigenvalue weighted by Gasteiger charge is -2.32. The van der Waals surface area contributed by atoms with Crippen LogP contribution in [-0.4, -0.2) is 40.5 Å². The summed E-state index contributed by atoms with van der Waals surface area (Å²) in [6, 6.07) is -1.40. The molecule has 0 aromatic rings. The molecule has 0 saturated carbocycles. The first-order valence-corrected chi connectivity index (χ1v) is 12.0. The molecule has 3 N–H and O–H groups in total. The van der Waals surface area contributed by atoms with Gasteiger partial charge in [-0.3, -0.25) is 4.79 Å². The van der Waals surface area contributed by atoms with E-state index in [0.717, 1.165) is 19.3 Å². The van der Waals surface area contributed by atoms with Crippen LogP contribution in [0.25, 0.3) is 0 Å². The van der Waals surface area contributed by atoms with Crippen molar-refractivity contribution < 1.29 is 14.7 Å². The molecule has 2 atom stereocenters. The van der Waals surface area contributed by atoms with Crippen LogP contribution in [0.5, 0.6) is 0 Å². The highest BCUT2D eigenvalue weighted by Crippen LogP contribution is 2.17. The Morgan fingerprint density at radius 1 is 0.793 bits per heavy atom. The molecule has 0 fully saturated rings. The van der Waals surface area contributed by atoms with Crippen molar-refractivity contribution in [3.63, 3.8) is 0 Å². The van der Waals surface area contributed by atoms with Crippen molar-refractivity contribution in [2.75, 3.05) is 6.54 Å². The minimum Gasteiger partial charge on any atom is -0.480 e. The van der Waals surface area contributed by atoms with Crippen LogP contribution in [0.3, 0.4) is 0 Å². The number of unbranched alkanes of at least 4 members (excludes halogenated alkanes) is 9. The van der Waals surface area contributed by atoms with Crippen LogP contribution in [0.4, 0.5) is 0 Å². The van der Waals surface area contributed by atoms with E-state index in [1.807, 2.05) is 27.7 Å². The molecule has 172 valence electrons. The third-order valence-corrected chi connectivity index (χ3v) is 5.43. The molecule has 0 aliphatic rings. The van der Waals surface area contributed by atoms with Crippen LogP contribution >= 0.6 is 0 Å². The van der Waals surface area contributed by atoms with Crippen molar-refractivity contribution in [2.45, 2.75) is 124 Å². The Morgan fingerprint density at radius 2 is 1.24 bits per heavy atom. The molecule has 0 spiro atoms. The maximum atomic E-state index is 12.9. The number of carboxylic acid groups (broad SMARTS) is 1. The Labute approximate surface area is 179 Å². The van der Waals surface area contributed by atoms with Crippen LogP contribution in [-0.2, 0) is 9.59 Å². The summed E-state index contributed by atoms with van der Waals surface area (Å²) in [5.74, 6) is -0.611. The lowest BCUT2D eigenvalue weighted by atomic mass is 9.98. The summed E-state index contributed by atoms with van der Waals surface area (Å²) in [7, 11) is 0. The van der Waals surface area contributed by atoms with Gasteiger partial charge in [0.2, 0.25) is 5.91 Å². The third kappa shape index (κ3) is 13.7. The van der Waals surface area contributed by atoms with E-state index >= 15 is 0 Å². The summed E-state index contributed by atoms with van der Waals surface area (Å²) < 4.78 is 0. The zero-order valence-corrected chi connectivity index (χ0v) is 19.8. The number of amides is 1. The standard InChI is InChI=1S/C24H48N2O3/c1-6-7-8-9-10-11-12-13-14-15-16-26(22(24(28)29)18-20(4)5)23(27)21(25)17-19(2)3/h19-22H,6-18,25H2,1-5H3,(H,28,29)/t21-,22-/m0/s1. The van der Waals surface area contributed by atoms with Gasteiger partial charge in [0.1, 0.15) is 6.04 Å². The predicted molar refractivity (Wildman–Crippen MR) is 122 cm³/mol. The molecule has 0 saturated heterocycles. The average molecular weight is 413 g/mol. The third-order valence-electron chi connectivity index (χ3n) is 5.43. The van der Waals surface area contributed by atoms with Gasteiger partial charge in [-0.05, 0) is 31.1 Å². The van der Waals surface area contributed by atoms with Gasteiger partial charge in [-0.1, -0.05) is 92.4 Å². The topological polar surface area (TPSA) is 83.6 Å². The van der Waals surface area contributed by atoms with E-state index in [1.165, 1.54) is 44.9 Å². The SMILES string of the molecule is CCCCCCCCCCCCN(C(=O)[C@@H](N)CC(C)C)[C@@H](CC(C)C)C(=O)O. The van der Waals surface area contributed by atoms with Gasteiger partial charge in [0.15, 0.2) is 0 Å². The number of hydrogen-bond acceptors (Lipinski definition) is 3. The summed E-state index contributed by atoms with van der Waals surface area (Å²) in [6.07, 6.45) is 13.2. The second kappa shape index (κ2) is 16.7. The fraction of sp³-hybridized carbons (Fsp3) is 0.917. The van der Waals surface area contributed by atoms with Gasteiger partial charge in [-0.2, -0.15) is 0 Å². The molecule has 0 aliphatic carbocycles. The Kier molecular flexibility index (Phi) is 16.0. The van der Waals surface area contributed by atoms with Gasteiger partial charge in [0, 0.05) is 6.54 Å². The molecule has 0 bridgehead atoms. The van der Waals surface area contributed by atoms with Crippen LogP contribution in [0.15, 0.2) is 0 Å². The van der Waals surface area contributed by atoms with Crippen molar-refractivity contribution in [2.24, 2.45) is 17.6 Å². The summed E-state index contributed by atoms with van der Waals surface area (Å²) >= 11 is 0.